The summed E-state index contributed by atoms with van der Waals surface area (Å²) < 4.78 is 28.1. The van der Waals surface area contributed by atoms with Gasteiger partial charge in [0.15, 0.2) is 0 Å². The normalized spacial score (nSPS) is 10.7. The van der Waals surface area contributed by atoms with E-state index in [1.165, 1.54) is 12.1 Å². The van der Waals surface area contributed by atoms with Gasteiger partial charge >= 0.3 is 0 Å². The minimum absolute atomic E-state index is 0.0105. The molecule has 0 aliphatic rings. The summed E-state index contributed by atoms with van der Waals surface area (Å²) in [6.45, 7) is -0.511. The number of alkyl halides is 2. The number of benzene rings is 1. The van der Waals surface area contributed by atoms with E-state index in [0.717, 1.165) is 0 Å². The second-order valence-corrected chi connectivity index (χ2v) is 3.89. The first-order chi connectivity index (χ1) is 8.50. The van der Waals surface area contributed by atoms with E-state index in [1.807, 2.05) is 0 Å². The van der Waals surface area contributed by atoms with Gasteiger partial charge in [0.1, 0.15) is 6.61 Å². The molecule has 0 atom stereocenters. The lowest BCUT2D eigenvalue weighted by atomic mass is 10.1. The first kappa shape index (κ1) is 14.7. The molecule has 4 nitrogen and oxygen atoms in total. The van der Waals surface area contributed by atoms with E-state index in [4.69, 9.17) is 17.3 Å². The average Bonchev–Trinajstić information content (AvgIpc) is 2.31. The van der Waals surface area contributed by atoms with Gasteiger partial charge in [0.05, 0.1) is 12.2 Å². The van der Waals surface area contributed by atoms with Crippen LogP contribution in [0.5, 0.6) is 0 Å². The highest BCUT2D eigenvalue weighted by atomic mass is 35.5. The Morgan fingerprint density at radius 2 is 2.22 bits per heavy atom. The standard InChI is InChI=1S/C11H13ClF2N2O2/c12-7-1-2-9(15)8(5-7)11(17)16-3-4-18-6-10(13)14/h1-2,5,10H,3-4,6,15H2,(H,16,17). The summed E-state index contributed by atoms with van der Waals surface area (Å²) in [6, 6.07) is 4.52. The maximum atomic E-state index is 11.7. The molecule has 0 aliphatic heterocycles. The van der Waals surface area contributed by atoms with Gasteiger partial charge in [0, 0.05) is 17.3 Å². The molecule has 0 fully saturated rings. The fraction of sp³-hybridized carbons (Fsp3) is 0.364. The van der Waals surface area contributed by atoms with Crippen LogP contribution in [0.4, 0.5) is 14.5 Å². The molecule has 0 unspecified atom stereocenters. The average molecular weight is 279 g/mol. The minimum Gasteiger partial charge on any atom is -0.398 e. The molecule has 7 heteroatoms. The molecule has 0 aliphatic carbocycles. The topological polar surface area (TPSA) is 64.4 Å². The van der Waals surface area contributed by atoms with E-state index in [-0.39, 0.29) is 18.7 Å². The molecule has 3 N–H and O–H groups in total. The first-order valence-corrected chi connectivity index (χ1v) is 5.57. The van der Waals surface area contributed by atoms with Gasteiger partial charge in [-0.05, 0) is 18.2 Å². The largest absolute Gasteiger partial charge is 0.398 e. The monoisotopic (exact) mass is 278 g/mol. The summed E-state index contributed by atoms with van der Waals surface area (Å²) in [7, 11) is 0. The van der Waals surface area contributed by atoms with Gasteiger partial charge < -0.3 is 15.8 Å². The van der Waals surface area contributed by atoms with Crippen LogP contribution in [0.2, 0.25) is 5.02 Å². The molecule has 0 heterocycles. The molecule has 1 rings (SSSR count). The Morgan fingerprint density at radius 3 is 2.89 bits per heavy atom. The molecule has 0 spiro atoms. The summed E-state index contributed by atoms with van der Waals surface area (Å²) in [5.41, 5.74) is 6.15. The van der Waals surface area contributed by atoms with Gasteiger partial charge in [-0.15, -0.1) is 0 Å². The van der Waals surface area contributed by atoms with E-state index >= 15 is 0 Å². The fourth-order valence-electron chi connectivity index (χ4n) is 1.23. The Balaban J connectivity index is 2.39. The highest BCUT2D eigenvalue weighted by molar-refractivity contribution is 6.31. The van der Waals surface area contributed by atoms with Crippen molar-refractivity contribution in [3.05, 3.63) is 28.8 Å². The molecular weight excluding hydrogens is 266 g/mol. The summed E-state index contributed by atoms with van der Waals surface area (Å²) in [4.78, 5) is 11.7. The second-order valence-electron chi connectivity index (χ2n) is 3.45. The zero-order valence-electron chi connectivity index (χ0n) is 9.46. The van der Waals surface area contributed by atoms with Crippen molar-refractivity contribution in [3.63, 3.8) is 0 Å². The third-order valence-electron chi connectivity index (χ3n) is 2.04. The number of amides is 1. The molecule has 0 radical (unpaired) electrons. The lowest BCUT2D eigenvalue weighted by Gasteiger charge is -2.08. The van der Waals surface area contributed by atoms with Crippen molar-refractivity contribution in [3.8, 4) is 0 Å². The first-order valence-electron chi connectivity index (χ1n) is 5.20. The Bertz CT molecular complexity index is 416. The third-order valence-corrected chi connectivity index (χ3v) is 2.27. The third kappa shape index (κ3) is 4.85. The number of hydrogen-bond acceptors (Lipinski definition) is 3. The number of carbonyl (C=O) groups excluding carboxylic acids is 1. The van der Waals surface area contributed by atoms with Crippen LogP contribution >= 0.6 is 11.6 Å². The van der Waals surface area contributed by atoms with Crippen LogP contribution in [0.25, 0.3) is 0 Å². The van der Waals surface area contributed by atoms with E-state index in [1.54, 1.807) is 6.07 Å². The van der Waals surface area contributed by atoms with Crippen LogP contribution in [-0.4, -0.2) is 32.1 Å². The van der Waals surface area contributed by atoms with Gasteiger partial charge in [-0.2, -0.15) is 0 Å². The van der Waals surface area contributed by atoms with Crippen LogP contribution < -0.4 is 11.1 Å². The predicted octanol–water partition coefficient (Wildman–Crippen LogP) is 1.93. The Kier molecular flexibility index (Phi) is 5.80. The van der Waals surface area contributed by atoms with Crippen LogP contribution in [0, 0.1) is 0 Å². The molecule has 1 aromatic carbocycles. The lowest BCUT2D eigenvalue weighted by molar-refractivity contribution is 0.0188. The summed E-state index contributed by atoms with van der Waals surface area (Å²) in [5.74, 6) is -0.421. The van der Waals surface area contributed by atoms with Crippen LogP contribution in [-0.2, 0) is 4.74 Å². The number of nitrogens with two attached hydrogens (primary N) is 1. The quantitative estimate of drug-likeness (QED) is 0.617. The van der Waals surface area contributed by atoms with Gasteiger partial charge in [-0.25, -0.2) is 8.78 Å². The van der Waals surface area contributed by atoms with Crippen LogP contribution in [0.1, 0.15) is 10.4 Å². The minimum atomic E-state index is -2.51. The Labute approximate surface area is 108 Å². The zero-order valence-corrected chi connectivity index (χ0v) is 10.2. The summed E-state index contributed by atoms with van der Waals surface area (Å²) >= 11 is 5.74. The number of ether oxygens (including phenoxy) is 1. The fourth-order valence-corrected chi connectivity index (χ4v) is 1.40. The second kappa shape index (κ2) is 7.13. The Morgan fingerprint density at radius 1 is 1.50 bits per heavy atom. The van der Waals surface area contributed by atoms with Crippen molar-refractivity contribution in [2.75, 3.05) is 25.5 Å². The maximum Gasteiger partial charge on any atom is 0.261 e. The number of anilines is 1. The molecule has 1 aromatic rings. The Hall–Kier alpha value is -1.40. The number of nitrogens with one attached hydrogen (secondary N) is 1. The van der Waals surface area contributed by atoms with Crippen molar-refractivity contribution in [1.29, 1.82) is 0 Å². The molecule has 18 heavy (non-hydrogen) atoms. The van der Waals surface area contributed by atoms with Crippen LogP contribution in [0.3, 0.4) is 0 Å². The van der Waals surface area contributed by atoms with Crippen molar-refractivity contribution in [1.82, 2.24) is 5.32 Å². The van der Waals surface area contributed by atoms with Crippen LogP contribution in [0.15, 0.2) is 18.2 Å². The van der Waals surface area contributed by atoms with E-state index < -0.39 is 18.9 Å². The molecular formula is C11H13ClF2N2O2. The van der Waals surface area contributed by atoms with Gasteiger partial charge in [0.2, 0.25) is 0 Å². The predicted molar refractivity (Wildman–Crippen MR) is 65.0 cm³/mol. The molecule has 0 saturated heterocycles. The van der Waals surface area contributed by atoms with E-state index in [2.05, 4.69) is 10.1 Å². The number of carbonyl (C=O) groups is 1. The van der Waals surface area contributed by atoms with Gasteiger partial charge in [-0.1, -0.05) is 11.6 Å². The molecule has 0 aromatic heterocycles. The molecule has 1 amide bonds. The highest BCUT2D eigenvalue weighted by Gasteiger charge is 2.09. The SMILES string of the molecule is Nc1ccc(Cl)cc1C(=O)NCCOCC(F)F. The number of nitrogen functional groups attached to an aromatic ring is 1. The molecule has 0 saturated carbocycles. The highest BCUT2D eigenvalue weighted by Crippen LogP contribution is 2.17. The maximum absolute atomic E-state index is 11.7. The zero-order chi connectivity index (χ0) is 13.5. The van der Waals surface area contributed by atoms with E-state index in [9.17, 15) is 13.6 Å². The lowest BCUT2D eigenvalue weighted by Crippen LogP contribution is -2.28. The van der Waals surface area contributed by atoms with Crippen molar-refractivity contribution in [2.24, 2.45) is 0 Å². The number of hydrogen-bond donors (Lipinski definition) is 2. The summed E-state index contributed by atoms with van der Waals surface area (Å²) in [6.07, 6.45) is -2.51. The van der Waals surface area contributed by atoms with Crippen molar-refractivity contribution in [2.45, 2.75) is 6.43 Å². The smallest absolute Gasteiger partial charge is 0.261 e. The molecule has 0 bridgehead atoms. The number of rotatable bonds is 6. The number of halogens is 3. The van der Waals surface area contributed by atoms with Crippen molar-refractivity contribution < 1.29 is 18.3 Å². The summed E-state index contributed by atoms with van der Waals surface area (Å²) in [5, 5.41) is 2.89. The van der Waals surface area contributed by atoms with Gasteiger partial charge in [-0.3, -0.25) is 4.79 Å². The molecule has 100 valence electrons. The van der Waals surface area contributed by atoms with E-state index in [0.29, 0.717) is 10.7 Å². The van der Waals surface area contributed by atoms with Gasteiger partial charge in [0.25, 0.3) is 12.3 Å². The van der Waals surface area contributed by atoms with Crippen molar-refractivity contribution >= 4 is 23.2 Å².